The molecule has 2 rings (SSSR count). The number of benzene rings is 1. The molecule has 0 spiro atoms. The average molecular weight is 290 g/mol. The van der Waals surface area contributed by atoms with E-state index in [0.29, 0.717) is 26.0 Å². The Morgan fingerprint density at radius 1 is 1.38 bits per heavy atom. The Hall–Kier alpha value is -1.88. The van der Waals surface area contributed by atoms with Gasteiger partial charge >= 0.3 is 0 Å². The number of hydrogen-bond donors (Lipinski definition) is 1. The molecule has 0 aliphatic carbocycles. The van der Waals surface area contributed by atoms with Gasteiger partial charge in [-0.25, -0.2) is 0 Å². The number of amides is 2. The molecule has 1 atom stereocenters. The molecule has 1 aromatic rings. The van der Waals surface area contributed by atoms with Gasteiger partial charge in [0, 0.05) is 18.7 Å². The van der Waals surface area contributed by atoms with Gasteiger partial charge in [-0.1, -0.05) is 18.2 Å². The molecule has 0 bridgehead atoms. The molecule has 5 nitrogen and oxygen atoms in total. The van der Waals surface area contributed by atoms with E-state index in [4.69, 9.17) is 4.74 Å². The maximum absolute atomic E-state index is 12.3. The second-order valence-corrected chi connectivity index (χ2v) is 5.36. The molecule has 1 N–H and O–H groups in total. The third-order valence-electron chi connectivity index (χ3n) is 3.40. The molecule has 2 amide bonds. The van der Waals surface area contributed by atoms with Gasteiger partial charge in [0.05, 0.1) is 12.7 Å². The molecule has 1 heterocycles. The zero-order valence-corrected chi connectivity index (χ0v) is 12.5. The van der Waals surface area contributed by atoms with Crippen LogP contribution in [0.5, 0.6) is 0 Å². The smallest absolute Gasteiger partial charge is 0.243 e. The summed E-state index contributed by atoms with van der Waals surface area (Å²) in [7, 11) is 0. The average Bonchev–Trinajstić information content (AvgIpc) is 2.86. The van der Waals surface area contributed by atoms with Crippen LogP contribution in [0.15, 0.2) is 30.3 Å². The van der Waals surface area contributed by atoms with E-state index in [-0.39, 0.29) is 17.9 Å². The summed E-state index contributed by atoms with van der Waals surface area (Å²) in [6.45, 7) is 4.85. The van der Waals surface area contributed by atoms with E-state index in [0.717, 1.165) is 5.69 Å². The minimum atomic E-state index is -0.418. The second kappa shape index (κ2) is 7.22. The predicted molar refractivity (Wildman–Crippen MR) is 81.0 cm³/mol. The van der Waals surface area contributed by atoms with Crippen LogP contribution in [0.2, 0.25) is 0 Å². The SMILES string of the molecule is CC(C)OCCNC(=O)C1CCC(=O)N1c1ccccc1. The normalized spacial score (nSPS) is 18.3. The first-order chi connectivity index (χ1) is 10.1. The van der Waals surface area contributed by atoms with Gasteiger partial charge in [-0.2, -0.15) is 0 Å². The lowest BCUT2D eigenvalue weighted by atomic mass is 10.2. The van der Waals surface area contributed by atoms with Crippen LogP contribution < -0.4 is 10.2 Å². The highest BCUT2D eigenvalue weighted by Gasteiger charge is 2.36. The number of para-hydroxylation sites is 1. The van der Waals surface area contributed by atoms with Crippen LogP contribution in [-0.2, 0) is 14.3 Å². The van der Waals surface area contributed by atoms with Gasteiger partial charge in [0.1, 0.15) is 6.04 Å². The summed E-state index contributed by atoms with van der Waals surface area (Å²) < 4.78 is 5.39. The molecule has 114 valence electrons. The van der Waals surface area contributed by atoms with Crippen LogP contribution in [0.25, 0.3) is 0 Å². The number of carbonyl (C=O) groups is 2. The lowest BCUT2D eigenvalue weighted by Gasteiger charge is -2.24. The Morgan fingerprint density at radius 2 is 2.10 bits per heavy atom. The maximum Gasteiger partial charge on any atom is 0.243 e. The summed E-state index contributed by atoms with van der Waals surface area (Å²) in [4.78, 5) is 25.9. The van der Waals surface area contributed by atoms with E-state index in [1.165, 1.54) is 0 Å². The number of hydrogen-bond acceptors (Lipinski definition) is 3. The van der Waals surface area contributed by atoms with Gasteiger partial charge in [0.15, 0.2) is 0 Å². The van der Waals surface area contributed by atoms with Crippen LogP contribution in [0.1, 0.15) is 26.7 Å². The number of ether oxygens (including phenoxy) is 1. The number of carbonyl (C=O) groups excluding carboxylic acids is 2. The molecule has 1 aliphatic rings. The molecular formula is C16H22N2O3. The van der Waals surface area contributed by atoms with Crippen molar-refractivity contribution in [1.82, 2.24) is 5.32 Å². The van der Waals surface area contributed by atoms with E-state index in [9.17, 15) is 9.59 Å². The quantitative estimate of drug-likeness (QED) is 0.812. The van der Waals surface area contributed by atoms with E-state index in [1.54, 1.807) is 4.90 Å². The van der Waals surface area contributed by atoms with E-state index >= 15 is 0 Å². The van der Waals surface area contributed by atoms with Gasteiger partial charge in [0.25, 0.3) is 0 Å². The van der Waals surface area contributed by atoms with E-state index in [1.807, 2.05) is 44.2 Å². The summed E-state index contributed by atoms with van der Waals surface area (Å²) in [6.07, 6.45) is 1.12. The van der Waals surface area contributed by atoms with Gasteiger partial charge in [-0.3, -0.25) is 14.5 Å². The summed E-state index contributed by atoms with van der Waals surface area (Å²) >= 11 is 0. The third kappa shape index (κ3) is 4.04. The monoisotopic (exact) mass is 290 g/mol. The summed E-state index contributed by atoms with van der Waals surface area (Å²) in [6, 6.07) is 8.91. The first-order valence-corrected chi connectivity index (χ1v) is 7.36. The van der Waals surface area contributed by atoms with Crippen LogP contribution in [0.4, 0.5) is 5.69 Å². The Labute approximate surface area is 125 Å². The predicted octanol–water partition coefficient (Wildman–Crippen LogP) is 1.72. The van der Waals surface area contributed by atoms with Crippen LogP contribution in [0, 0.1) is 0 Å². The summed E-state index contributed by atoms with van der Waals surface area (Å²) in [5, 5.41) is 2.84. The van der Waals surface area contributed by atoms with Crippen molar-refractivity contribution in [3.8, 4) is 0 Å². The number of nitrogens with zero attached hydrogens (tertiary/aromatic N) is 1. The van der Waals surface area contributed by atoms with Crippen molar-refractivity contribution >= 4 is 17.5 Å². The van der Waals surface area contributed by atoms with Crippen molar-refractivity contribution in [3.05, 3.63) is 30.3 Å². The fourth-order valence-electron chi connectivity index (χ4n) is 2.43. The Morgan fingerprint density at radius 3 is 2.76 bits per heavy atom. The molecule has 21 heavy (non-hydrogen) atoms. The van der Waals surface area contributed by atoms with Gasteiger partial charge < -0.3 is 10.1 Å². The van der Waals surface area contributed by atoms with E-state index < -0.39 is 6.04 Å². The zero-order valence-electron chi connectivity index (χ0n) is 12.5. The van der Waals surface area contributed by atoms with E-state index in [2.05, 4.69) is 5.32 Å². The molecule has 1 saturated heterocycles. The fraction of sp³-hybridized carbons (Fsp3) is 0.500. The topological polar surface area (TPSA) is 58.6 Å². The minimum absolute atomic E-state index is 0.000203. The first kappa shape index (κ1) is 15.5. The molecule has 1 aromatic carbocycles. The van der Waals surface area contributed by atoms with Crippen molar-refractivity contribution < 1.29 is 14.3 Å². The van der Waals surface area contributed by atoms with Gasteiger partial charge in [-0.15, -0.1) is 0 Å². The molecule has 1 unspecified atom stereocenters. The highest BCUT2D eigenvalue weighted by molar-refractivity contribution is 6.03. The first-order valence-electron chi connectivity index (χ1n) is 7.36. The molecule has 0 aromatic heterocycles. The van der Waals surface area contributed by atoms with Crippen LogP contribution in [-0.4, -0.2) is 37.1 Å². The van der Waals surface area contributed by atoms with Crippen molar-refractivity contribution in [1.29, 1.82) is 0 Å². The highest BCUT2D eigenvalue weighted by atomic mass is 16.5. The van der Waals surface area contributed by atoms with Gasteiger partial charge in [0.2, 0.25) is 11.8 Å². The lowest BCUT2D eigenvalue weighted by molar-refractivity contribution is -0.124. The standard InChI is InChI=1S/C16H22N2O3/c1-12(2)21-11-10-17-16(20)14-8-9-15(19)18(14)13-6-4-3-5-7-13/h3-7,12,14H,8-11H2,1-2H3,(H,17,20). The van der Waals surface area contributed by atoms with Gasteiger partial charge in [-0.05, 0) is 32.4 Å². The Balaban J connectivity index is 1.95. The highest BCUT2D eigenvalue weighted by Crippen LogP contribution is 2.26. The second-order valence-electron chi connectivity index (χ2n) is 5.36. The molecule has 5 heteroatoms. The molecule has 1 fully saturated rings. The largest absolute Gasteiger partial charge is 0.377 e. The van der Waals surface area contributed by atoms with Crippen molar-refractivity contribution in [3.63, 3.8) is 0 Å². The number of rotatable bonds is 6. The zero-order chi connectivity index (χ0) is 15.2. The third-order valence-corrected chi connectivity index (χ3v) is 3.40. The number of anilines is 1. The molecule has 1 aliphatic heterocycles. The number of nitrogens with one attached hydrogen (secondary N) is 1. The van der Waals surface area contributed by atoms with Crippen molar-refractivity contribution in [2.45, 2.75) is 38.8 Å². The van der Waals surface area contributed by atoms with Crippen LogP contribution >= 0.6 is 0 Å². The fourth-order valence-corrected chi connectivity index (χ4v) is 2.43. The van der Waals surface area contributed by atoms with Crippen molar-refractivity contribution in [2.75, 3.05) is 18.1 Å². The minimum Gasteiger partial charge on any atom is -0.377 e. The summed E-state index contributed by atoms with van der Waals surface area (Å²) in [5.74, 6) is -0.114. The van der Waals surface area contributed by atoms with Crippen LogP contribution in [0.3, 0.4) is 0 Å². The molecule has 0 saturated carbocycles. The maximum atomic E-state index is 12.3. The lowest BCUT2D eigenvalue weighted by Crippen LogP contribution is -2.45. The Kier molecular flexibility index (Phi) is 5.33. The van der Waals surface area contributed by atoms with Crippen molar-refractivity contribution in [2.24, 2.45) is 0 Å². The Bertz CT molecular complexity index is 488. The molecular weight excluding hydrogens is 268 g/mol. The summed E-state index contributed by atoms with van der Waals surface area (Å²) in [5.41, 5.74) is 0.776. The molecule has 0 radical (unpaired) electrons.